The maximum absolute atomic E-state index is 12.6. The van der Waals surface area contributed by atoms with Crippen molar-refractivity contribution in [2.24, 2.45) is 0 Å². The summed E-state index contributed by atoms with van der Waals surface area (Å²) in [6.07, 6.45) is 3.44. The predicted octanol–water partition coefficient (Wildman–Crippen LogP) is 3.65. The number of anilines is 1. The van der Waals surface area contributed by atoms with E-state index in [0.29, 0.717) is 5.95 Å². The van der Waals surface area contributed by atoms with Crippen LogP contribution in [0.1, 0.15) is 23.5 Å². The Morgan fingerprint density at radius 1 is 0.889 bits per heavy atom. The molecule has 0 saturated heterocycles. The summed E-state index contributed by atoms with van der Waals surface area (Å²) in [6, 6.07) is 17.2. The summed E-state index contributed by atoms with van der Waals surface area (Å²) in [5.41, 5.74) is 2.04. The first kappa shape index (κ1) is 18.4. The molecule has 0 spiro atoms. The van der Waals surface area contributed by atoms with Gasteiger partial charge in [0.2, 0.25) is 11.9 Å². The molecule has 0 saturated carbocycles. The zero-order valence-electron chi connectivity index (χ0n) is 15.3. The lowest BCUT2D eigenvalue weighted by Gasteiger charge is -2.18. The number of amides is 1. The van der Waals surface area contributed by atoms with Crippen LogP contribution in [0.4, 0.5) is 5.95 Å². The van der Waals surface area contributed by atoms with E-state index in [1.54, 1.807) is 32.7 Å². The molecule has 0 aliphatic carbocycles. The van der Waals surface area contributed by atoms with E-state index < -0.39 is 0 Å². The lowest BCUT2D eigenvalue weighted by Crippen LogP contribution is -2.17. The molecule has 2 aromatic carbocycles. The fourth-order valence-corrected chi connectivity index (χ4v) is 2.83. The smallest absolute Gasteiger partial charge is 0.229 e. The van der Waals surface area contributed by atoms with Crippen molar-refractivity contribution in [2.45, 2.75) is 12.3 Å². The molecule has 1 heterocycles. The number of carbonyl (C=O) groups excluding carboxylic acids is 1. The van der Waals surface area contributed by atoms with Gasteiger partial charge in [-0.3, -0.25) is 10.1 Å². The van der Waals surface area contributed by atoms with Gasteiger partial charge in [0.1, 0.15) is 11.5 Å². The summed E-state index contributed by atoms with van der Waals surface area (Å²) in [6.45, 7) is 0. The van der Waals surface area contributed by atoms with E-state index in [0.717, 1.165) is 22.6 Å². The van der Waals surface area contributed by atoms with E-state index in [1.807, 2.05) is 48.5 Å². The van der Waals surface area contributed by atoms with Crippen LogP contribution in [0.3, 0.4) is 0 Å². The number of methoxy groups -OCH3 is 2. The highest BCUT2D eigenvalue weighted by Crippen LogP contribution is 2.30. The number of nitrogens with zero attached hydrogens (tertiary/aromatic N) is 2. The van der Waals surface area contributed by atoms with Crippen molar-refractivity contribution in [3.63, 3.8) is 0 Å². The standard InChI is InChI=1S/C21H21N3O3/c1-26-17-8-4-15(5-9-17)19(16-6-10-18(27-2)11-7-16)14-20(25)24-21-22-12-3-13-23-21/h3-13,19H,14H2,1-2H3,(H,22,23,24,25). The third-order valence-electron chi connectivity index (χ3n) is 4.24. The van der Waals surface area contributed by atoms with Crippen molar-refractivity contribution in [1.29, 1.82) is 0 Å². The monoisotopic (exact) mass is 363 g/mol. The molecule has 27 heavy (non-hydrogen) atoms. The number of hydrogen-bond donors (Lipinski definition) is 1. The van der Waals surface area contributed by atoms with Crippen LogP contribution in [0, 0.1) is 0 Å². The fourth-order valence-electron chi connectivity index (χ4n) is 2.83. The maximum Gasteiger partial charge on any atom is 0.229 e. The molecule has 138 valence electrons. The van der Waals surface area contributed by atoms with Crippen molar-refractivity contribution >= 4 is 11.9 Å². The number of benzene rings is 2. The quantitative estimate of drug-likeness (QED) is 0.693. The Balaban J connectivity index is 1.84. The van der Waals surface area contributed by atoms with E-state index in [9.17, 15) is 4.79 Å². The molecule has 0 atom stereocenters. The fraction of sp³-hybridized carbons (Fsp3) is 0.190. The Labute approximate surface area is 158 Å². The molecule has 0 bridgehead atoms. The van der Waals surface area contributed by atoms with Gasteiger partial charge in [0.15, 0.2) is 0 Å². The molecule has 6 nitrogen and oxygen atoms in total. The summed E-state index contributed by atoms with van der Waals surface area (Å²) in [7, 11) is 3.26. The summed E-state index contributed by atoms with van der Waals surface area (Å²) < 4.78 is 10.5. The van der Waals surface area contributed by atoms with Crippen LogP contribution < -0.4 is 14.8 Å². The Bertz CT molecular complexity index is 818. The molecule has 1 N–H and O–H groups in total. The summed E-state index contributed by atoms with van der Waals surface area (Å²) >= 11 is 0. The molecule has 3 aromatic rings. The van der Waals surface area contributed by atoms with Crippen molar-refractivity contribution in [2.75, 3.05) is 19.5 Å². The second-order valence-corrected chi connectivity index (χ2v) is 5.92. The zero-order valence-corrected chi connectivity index (χ0v) is 15.3. The highest BCUT2D eigenvalue weighted by atomic mass is 16.5. The minimum Gasteiger partial charge on any atom is -0.497 e. The number of nitrogens with one attached hydrogen (secondary N) is 1. The van der Waals surface area contributed by atoms with E-state index in [1.165, 1.54) is 0 Å². The van der Waals surface area contributed by atoms with Gasteiger partial charge in [0.05, 0.1) is 14.2 Å². The first-order chi connectivity index (χ1) is 13.2. The largest absolute Gasteiger partial charge is 0.497 e. The Hall–Kier alpha value is -3.41. The average Bonchev–Trinajstić information content (AvgIpc) is 2.73. The van der Waals surface area contributed by atoms with Crippen molar-refractivity contribution in [3.8, 4) is 11.5 Å². The normalized spacial score (nSPS) is 10.5. The molecule has 0 aliphatic rings. The van der Waals surface area contributed by atoms with Gasteiger partial charge < -0.3 is 9.47 Å². The van der Waals surface area contributed by atoms with Crippen molar-refractivity contribution < 1.29 is 14.3 Å². The maximum atomic E-state index is 12.6. The molecule has 0 fully saturated rings. The summed E-state index contributed by atoms with van der Waals surface area (Å²) in [4.78, 5) is 20.7. The predicted molar refractivity (Wildman–Crippen MR) is 103 cm³/mol. The summed E-state index contributed by atoms with van der Waals surface area (Å²) in [5.74, 6) is 1.57. The van der Waals surface area contributed by atoms with Crippen LogP contribution in [-0.4, -0.2) is 30.1 Å². The van der Waals surface area contributed by atoms with Gasteiger partial charge >= 0.3 is 0 Å². The third kappa shape index (κ3) is 4.82. The average molecular weight is 363 g/mol. The van der Waals surface area contributed by atoms with Gasteiger partial charge in [-0.2, -0.15) is 0 Å². The van der Waals surface area contributed by atoms with Gasteiger partial charge in [0, 0.05) is 24.7 Å². The molecule has 6 heteroatoms. The van der Waals surface area contributed by atoms with Crippen molar-refractivity contribution in [3.05, 3.63) is 78.1 Å². The Kier molecular flexibility index (Phi) is 5.99. The topological polar surface area (TPSA) is 73.3 Å². The molecule has 0 unspecified atom stereocenters. The first-order valence-corrected chi connectivity index (χ1v) is 8.54. The summed E-state index contributed by atoms with van der Waals surface area (Å²) in [5, 5.41) is 2.75. The van der Waals surface area contributed by atoms with Gasteiger partial charge in [0.25, 0.3) is 0 Å². The number of rotatable bonds is 7. The molecule has 0 aliphatic heterocycles. The molecule has 3 rings (SSSR count). The van der Waals surface area contributed by atoms with Crippen LogP contribution in [0.2, 0.25) is 0 Å². The highest BCUT2D eigenvalue weighted by Gasteiger charge is 2.19. The van der Waals surface area contributed by atoms with E-state index in [4.69, 9.17) is 9.47 Å². The lowest BCUT2D eigenvalue weighted by atomic mass is 9.88. The van der Waals surface area contributed by atoms with Gasteiger partial charge in [-0.05, 0) is 41.5 Å². The number of aromatic nitrogens is 2. The molecule has 0 radical (unpaired) electrons. The third-order valence-corrected chi connectivity index (χ3v) is 4.24. The lowest BCUT2D eigenvalue weighted by molar-refractivity contribution is -0.116. The number of hydrogen-bond acceptors (Lipinski definition) is 5. The van der Waals surface area contributed by atoms with Crippen molar-refractivity contribution in [1.82, 2.24) is 9.97 Å². The van der Waals surface area contributed by atoms with E-state index in [-0.39, 0.29) is 18.2 Å². The second kappa shape index (κ2) is 8.80. The SMILES string of the molecule is COc1ccc(C(CC(=O)Nc2ncccn2)c2ccc(OC)cc2)cc1. The van der Waals surface area contributed by atoms with Crippen LogP contribution in [-0.2, 0) is 4.79 Å². The molecular formula is C21H21N3O3. The minimum absolute atomic E-state index is 0.120. The van der Waals surface area contributed by atoms with Crippen LogP contribution in [0.15, 0.2) is 67.0 Å². The molecular weight excluding hydrogens is 342 g/mol. The second-order valence-electron chi connectivity index (χ2n) is 5.92. The zero-order chi connectivity index (χ0) is 19.1. The Morgan fingerprint density at radius 2 is 1.37 bits per heavy atom. The van der Waals surface area contributed by atoms with Crippen LogP contribution in [0.25, 0.3) is 0 Å². The van der Waals surface area contributed by atoms with E-state index >= 15 is 0 Å². The number of carbonyl (C=O) groups is 1. The van der Waals surface area contributed by atoms with Gasteiger partial charge in [-0.25, -0.2) is 9.97 Å². The van der Waals surface area contributed by atoms with E-state index in [2.05, 4.69) is 15.3 Å². The molecule has 1 aromatic heterocycles. The van der Waals surface area contributed by atoms with Gasteiger partial charge in [-0.15, -0.1) is 0 Å². The Morgan fingerprint density at radius 3 is 1.81 bits per heavy atom. The minimum atomic E-state index is -0.155. The number of ether oxygens (including phenoxy) is 2. The first-order valence-electron chi connectivity index (χ1n) is 8.54. The molecule has 1 amide bonds. The van der Waals surface area contributed by atoms with Crippen LogP contribution >= 0.6 is 0 Å². The van der Waals surface area contributed by atoms with Gasteiger partial charge in [-0.1, -0.05) is 24.3 Å². The van der Waals surface area contributed by atoms with Crippen LogP contribution in [0.5, 0.6) is 11.5 Å². The highest BCUT2D eigenvalue weighted by molar-refractivity contribution is 5.89.